The van der Waals surface area contributed by atoms with Crippen LogP contribution in [0.15, 0.2) is 0 Å². The highest BCUT2D eigenvalue weighted by atomic mass is 32.2. The van der Waals surface area contributed by atoms with Crippen LogP contribution in [0.5, 0.6) is 0 Å². The second kappa shape index (κ2) is 5.35. The molecule has 1 amide bonds. The number of hydrogen-bond donors (Lipinski definition) is 1. The average molecular weight is 260 g/mol. The summed E-state index contributed by atoms with van der Waals surface area (Å²) in [5, 5.41) is 2.44. The van der Waals surface area contributed by atoms with Crippen molar-refractivity contribution in [1.82, 2.24) is 9.62 Å². The third kappa shape index (κ3) is 2.98. The average Bonchev–Trinajstić information content (AvgIpc) is 2.55. The highest BCUT2D eigenvalue weighted by Gasteiger charge is 2.34. The maximum absolute atomic E-state index is 12.4. The highest BCUT2D eigenvalue weighted by Crippen LogP contribution is 2.26. The smallest absolute Gasteiger partial charge is 0.235 e. The molecular weight excluding hydrogens is 240 g/mol. The minimum Gasteiger partial charge on any atom is -0.355 e. The third-order valence-corrected chi connectivity index (χ3v) is 5.91. The van der Waals surface area contributed by atoms with Crippen molar-refractivity contribution in [2.75, 3.05) is 19.6 Å². The van der Waals surface area contributed by atoms with Crippen LogP contribution in [-0.2, 0) is 14.8 Å². The zero-order valence-corrected chi connectivity index (χ0v) is 10.8. The van der Waals surface area contributed by atoms with Crippen molar-refractivity contribution in [2.45, 2.75) is 43.8 Å². The number of carbonyl (C=O) groups is 1. The zero-order chi connectivity index (χ0) is 12.3. The van der Waals surface area contributed by atoms with Crippen LogP contribution in [0.25, 0.3) is 0 Å². The Kier molecular flexibility index (Phi) is 4.04. The van der Waals surface area contributed by atoms with Crippen molar-refractivity contribution >= 4 is 15.9 Å². The molecule has 1 saturated heterocycles. The van der Waals surface area contributed by atoms with Gasteiger partial charge in [0, 0.05) is 13.1 Å². The Morgan fingerprint density at radius 1 is 1.12 bits per heavy atom. The lowest BCUT2D eigenvalue weighted by Crippen LogP contribution is -2.43. The number of nitrogens with one attached hydrogen (secondary N) is 1. The van der Waals surface area contributed by atoms with E-state index in [0.29, 0.717) is 19.5 Å². The summed E-state index contributed by atoms with van der Waals surface area (Å²) < 4.78 is 26.2. The van der Waals surface area contributed by atoms with Crippen molar-refractivity contribution in [3.05, 3.63) is 0 Å². The van der Waals surface area contributed by atoms with Crippen molar-refractivity contribution in [2.24, 2.45) is 0 Å². The molecule has 17 heavy (non-hydrogen) atoms. The van der Waals surface area contributed by atoms with Crippen molar-refractivity contribution in [3.63, 3.8) is 0 Å². The zero-order valence-electron chi connectivity index (χ0n) is 10.0. The fourth-order valence-corrected chi connectivity index (χ4v) is 4.60. The van der Waals surface area contributed by atoms with Crippen LogP contribution in [0, 0.1) is 0 Å². The van der Waals surface area contributed by atoms with E-state index in [4.69, 9.17) is 0 Å². The van der Waals surface area contributed by atoms with E-state index >= 15 is 0 Å². The first-order valence-electron chi connectivity index (χ1n) is 6.36. The summed E-state index contributed by atoms with van der Waals surface area (Å²) in [6.45, 7) is 1.05. The van der Waals surface area contributed by atoms with Gasteiger partial charge in [0.25, 0.3) is 0 Å². The molecule has 2 aliphatic rings. The van der Waals surface area contributed by atoms with Gasteiger partial charge in [-0.1, -0.05) is 19.3 Å². The van der Waals surface area contributed by atoms with Gasteiger partial charge in [-0.2, -0.15) is 4.31 Å². The molecule has 0 aromatic heterocycles. The summed E-state index contributed by atoms with van der Waals surface area (Å²) in [6.07, 6.45) is 5.32. The number of hydrogen-bond acceptors (Lipinski definition) is 3. The third-order valence-electron chi connectivity index (χ3n) is 3.56. The Morgan fingerprint density at radius 3 is 2.53 bits per heavy atom. The Balaban J connectivity index is 2.09. The van der Waals surface area contributed by atoms with Crippen molar-refractivity contribution in [1.29, 1.82) is 0 Å². The minimum absolute atomic E-state index is 0.00116. The summed E-state index contributed by atoms with van der Waals surface area (Å²) in [7, 11) is -3.27. The van der Waals surface area contributed by atoms with Gasteiger partial charge in [-0.15, -0.1) is 0 Å². The maximum atomic E-state index is 12.4. The lowest BCUT2D eigenvalue weighted by molar-refractivity contribution is -0.120. The van der Waals surface area contributed by atoms with E-state index in [1.54, 1.807) is 0 Å². The van der Waals surface area contributed by atoms with Crippen LogP contribution in [0.2, 0.25) is 0 Å². The molecule has 6 heteroatoms. The predicted octanol–water partition coefficient (Wildman–Crippen LogP) is 0.471. The molecule has 0 aromatic carbocycles. The fraction of sp³-hybridized carbons (Fsp3) is 0.909. The van der Waals surface area contributed by atoms with E-state index in [1.165, 1.54) is 4.31 Å². The maximum Gasteiger partial charge on any atom is 0.235 e. The van der Waals surface area contributed by atoms with Gasteiger partial charge in [0.1, 0.15) is 0 Å². The van der Waals surface area contributed by atoms with Crippen molar-refractivity contribution in [3.8, 4) is 0 Å². The molecule has 1 aliphatic carbocycles. The topological polar surface area (TPSA) is 66.5 Å². The standard InChI is InChI=1S/C11H20N2O3S/c14-11-9-13(8-4-7-12-11)17(15,16)10-5-2-1-3-6-10/h10H,1-9H2,(H,12,14). The Bertz CT molecular complexity index is 374. The number of nitrogens with zero attached hydrogens (tertiary/aromatic N) is 1. The van der Waals surface area contributed by atoms with Gasteiger partial charge in [-0.25, -0.2) is 8.42 Å². The molecule has 0 unspecified atom stereocenters. The highest BCUT2D eigenvalue weighted by molar-refractivity contribution is 7.89. The Morgan fingerprint density at radius 2 is 1.82 bits per heavy atom. The molecule has 0 spiro atoms. The largest absolute Gasteiger partial charge is 0.355 e. The van der Waals surface area contributed by atoms with Crippen LogP contribution in [0.1, 0.15) is 38.5 Å². The molecule has 2 rings (SSSR count). The Labute approximate surface area is 103 Å². The van der Waals surface area contributed by atoms with E-state index < -0.39 is 10.0 Å². The monoisotopic (exact) mass is 260 g/mol. The first-order valence-corrected chi connectivity index (χ1v) is 7.87. The predicted molar refractivity (Wildman–Crippen MR) is 65.0 cm³/mol. The van der Waals surface area contributed by atoms with Crippen LogP contribution >= 0.6 is 0 Å². The molecule has 0 bridgehead atoms. The van der Waals surface area contributed by atoms with Crippen LogP contribution < -0.4 is 5.32 Å². The molecule has 98 valence electrons. The van der Waals surface area contributed by atoms with E-state index in [1.807, 2.05) is 0 Å². The second-order valence-corrected chi connectivity index (χ2v) is 7.06. The lowest BCUT2D eigenvalue weighted by atomic mass is 10.0. The molecule has 0 radical (unpaired) electrons. The summed E-state index contributed by atoms with van der Waals surface area (Å²) >= 11 is 0. The summed E-state index contributed by atoms with van der Waals surface area (Å²) in [5.74, 6) is -0.179. The Hall–Kier alpha value is -0.620. The summed E-state index contributed by atoms with van der Waals surface area (Å²) in [5.41, 5.74) is 0. The van der Waals surface area contributed by atoms with E-state index in [2.05, 4.69) is 5.32 Å². The van der Waals surface area contributed by atoms with Gasteiger partial charge in [-0.05, 0) is 19.3 Å². The number of carbonyl (C=O) groups excluding carboxylic acids is 1. The van der Waals surface area contributed by atoms with Gasteiger partial charge in [0.2, 0.25) is 15.9 Å². The molecule has 0 atom stereocenters. The molecular formula is C11H20N2O3S. The molecule has 1 aliphatic heterocycles. The van der Waals surface area contributed by atoms with Crippen LogP contribution in [0.4, 0.5) is 0 Å². The minimum atomic E-state index is -3.27. The molecule has 1 N–H and O–H groups in total. The SMILES string of the molecule is O=C1CN(S(=O)(=O)C2CCCCC2)CCCN1. The van der Waals surface area contributed by atoms with Crippen LogP contribution in [-0.4, -0.2) is 43.5 Å². The normalized spacial score (nSPS) is 25.3. The van der Waals surface area contributed by atoms with Gasteiger partial charge >= 0.3 is 0 Å². The summed E-state index contributed by atoms with van der Waals surface area (Å²) in [6, 6.07) is 0. The van der Waals surface area contributed by atoms with E-state index in [-0.39, 0.29) is 17.7 Å². The molecule has 1 heterocycles. The fourth-order valence-electron chi connectivity index (χ4n) is 2.57. The van der Waals surface area contributed by atoms with Gasteiger partial charge in [0.15, 0.2) is 0 Å². The molecule has 2 fully saturated rings. The first kappa shape index (κ1) is 12.8. The van der Waals surface area contributed by atoms with E-state index in [9.17, 15) is 13.2 Å². The van der Waals surface area contributed by atoms with Gasteiger partial charge in [0.05, 0.1) is 11.8 Å². The molecule has 0 aromatic rings. The summed E-state index contributed by atoms with van der Waals surface area (Å²) in [4.78, 5) is 11.4. The van der Waals surface area contributed by atoms with Crippen LogP contribution in [0.3, 0.4) is 0 Å². The molecule has 1 saturated carbocycles. The molecule has 5 nitrogen and oxygen atoms in total. The first-order chi connectivity index (χ1) is 8.10. The number of rotatable bonds is 2. The second-order valence-electron chi connectivity index (χ2n) is 4.84. The number of amides is 1. The van der Waals surface area contributed by atoms with E-state index in [0.717, 1.165) is 32.1 Å². The van der Waals surface area contributed by atoms with Crippen molar-refractivity contribution < 1.29 is 13.2 Å². The number of sulfonamides is 1. The van der Waals surface area contributed by atoms with Gasteiger partial charge in [-0.3, -0.25) is 4.79 Å². The van der Waals surface area contributed by atoms with Gasteiger partial charge < -0.3 is 5.32 Å². The quantitative estimate of drug-likeness (QED) is 0.785. The lowest BCUT2D eigenvalue weighted by Gasteiger charge is -2.28.